The van der Waals surface area contributed by atoms with E-state index in [4.69, 9.17) is 0 Å². The third-order valence-corrected chi connectivity index (χ3v) is 5.91. The quantitative estimate of drug-likeness (QED) is 0.534. The van der Waals surface area contributed by atoms with Crippen LogP contribution in [0.3, 0.4) is 0 Å². The van der Waals surface area contributed by atoms with Crippen LogP contribution in [-0.2, 0) is 18.6 Å². The molecule has 0 spiro atoms. The Labute approximate surface area is 145 Å². The van der Waals surface area contributed by atoms with Crippen molar-refractivity contribution in [1.29, 1.82) is 0 Å². The van der Waals surface area contributed by atoms with Crippen LogP contribution in [0, 0.1) is 11.6 Å². The van der Waals surface area contributed by atoms with Crippen molar-refractivity contribution in [1.82, 2.24) is 0 Å². The first-order chi connectivity index (χ1) is 11.2. The number of benzene rings is 2. The van der Waals surface area contributed by atoms with Gasteiger partial charge in [0.05, 0.1) is 0 Å². The predicted molar refractivity (Wildman–Crippen MR) is 88.8 cm³/mol. The van der Waals surface area contributed by atoms with E-state index in [9.17, 15) is 8.78 Å². The van der Waals surface area contributed by atoms with Crippen molar-refractivity contribution in [2.24, 2.45) is 0 Å². The van der Waals surface area contributed by atoms with Crippen molar-refractivity contribution in [3.63, 3.8) is 0 Å². The van der Waals surface area contributed by atoms with Gasteiger partial charge in [-0.25, -0.2) is 0 Å². The normalized spacial score (nSPS) is 13.8. The molecule has 0 aliphatic heterocycles. The van der Waals surface area contributed by atoms with Crippen molar-refractivity contribution in [3.8, 4) is 0 Å². The molecule has 124 valence electrons. The van der Waals surface area contributed by atoms with Crippen molar-refractivity contribution in [2.75, 3.05) is 0 Å². The number of halogens is 2. The summed E-state index contributed by atoms with van der Waals surface area (Å²) in [5, 5.41) is 0. The second-order valence-corrected chi connectivity index (χ2v) is 8.17. The van der Waals surface area contributed by atoms with Crippen molar-refractivity contribution < 1.29 is 27.3 Å². The van der Waals surface area contributed by atoms with Gasteiger partial charge in [-0.3, -0.25) is 0 Å². The van der Waals surface area contributed by atoms with Crippen LogP contribution >= 0.6 is 0 Å². The summed E-state index contributed by atoms with van der Waals surface area (Å²) in [6, 6.07) is 13.0. The third-order valence-electron chi connectivity index (χ3n) is 3.08. The summed E-state index contributed by atoms with van der Waals surface area (Å²) in [6.07, 6.45) is 14.0. The molecular formula is C20H20F2Pt. The average molecular weight is 493 g/mol. The number of hydrogen-bond donors (Lipinski definition) is 0. The molecule has 0 radical (unpaired) electrons. The molecule has 0 N–H and O–H groups in total. The van der Waals surface area contributed by atoms with Gasteiger partial charge in [-0.05, 0) is 25.7 Å². The Morgan fingerprint density at radius 1 is 0.522 bits per heavy atom. The van der Waals surface area contributed by atoms with E-state index in [1.165, 1.54) is 49.9 Å². The SMILES string of the molecule is C1=CCCC=CCC1.Fc1cc[c]([Pt][c]2ccc(F)cc2)cc1. The van der Waals surface area contributed by atoms with Crippen LogP contribution in [-0.4, -0.2) is 0 Å². The molecule has 0 unspecified atom stereocenters. The summed E-state index contributed by atoms with van der Waals surface area (Å²) >= 11 is -0.341. The van der Waals surface area contributed by atoms with Gasteiger partial charge in [0.2, 0.25) is 0 Å². The zero-order chi connectivity index (χ0) is 16.3. The Kier molecular flexibility index (Phi) is 7.96. The number of allylic oxidation sites excluding steroid dienone is 4. The van der Waals surface area contributed by atoms with Gasteiger partial charge in [-0.1, -0.05) is 24.3 Å². The average Bonchev–Trinajstić information content (AvgIpc) is 2.52. The van der Waals surface area contributed by atoms with Gasteiger partial charge in [0.25, 0.3) is 0 Å². The number of rotatable bonds is 2. The summed E-state index contributed by atoms with van der Waals surface area (Å²) in [5.74, 6) is -0.441. The fraction of sp³-hybridized carbons (Fsp3) is 0.200. The van der Waals surface area contributed by atoms with E-state index in [2.05, 4.69) is 24.3 Å². The maximum absolute atomic E-state index is 12.6. The standard InChI is InChI=1S/C8H12.2C6H4F.Pt/c1-2-4-6-8-7-5-3-1;2*7-6-4-2-1-3-5-6;/h1-2,7-8H,3-6H2;2*2-5H;. The van der Waals surface area contributed by atoms with E-state index >= 15 is 0 Å². The molecule has 0 fully saturated rings. The molecule has 2 aromatic carbocycles. The van der Waals surface area contributed by atoms with Crippen LogP contribution in [0.5, 0.6) is 0 Å². The molecule has 0 atom stereocenters. The molecule has 0 bridgehead atoms. The Balaban J connectivity index is 0.000000203. The van der Waals surface area contributed by atoms with E-state index < -0.39 is 0 Å². The Morgan fingerprint density at radius 3 is 1.13 bits per heavy atom. The summed E-state index contributed by atoms with van der Waals surface area (Å²) in [6.45, 7) is 0. The molecule has 2 aromatic rings. The molecule has 0 heterocycles. The summed E-state index contributed by atoms with van der Waals surface area (Å²) in [4.78, 5) is 0. The zero-order valence-electron chi connectivity index (χ0n) is 12.8. The van der Waals surface area contributed by atoms with Gasteiger partial charge in [0.1, 0.15) is 0 Å². The van der Waals surface area contributed by atoms with Crippen molar-refractivity contribution in [2.45, 2.75) is 25.7 Å². The molecule has 3 rings (SSSR count). The molecule has 0 amide bonds. The van der Waals surface area contributed by atoms with Gasteiger partial charge in [-0.2, -0.15) is 0 Å². The van der Waals surface area contributed by atoms with Crippen LogP contribution in [0.15, 0.2) is 72.8 Å². The van der Waals surface area contributed by atoms with E-state index in [0.29, 0.717) is 0 Å². The van der Waals surface area contributed by atoms with Gasteiger partial charge in [0.15, 0.2) is 0 Å². The second-order valence-electron chi connectivity index (χ2n) is 4.98. The summed E-state index contributed by atoms with van der Waals surface area (Å²) in [5.41, 5.74) is 0. The van der Waals surface area contributed by atoms with E-state index in [1.807, 2.05) is 0 Å². The van der Waals surface area contributed by atoms with E-state index in [-0.39, 0.29) is 30.2 Å². The molecule has 23 heavy (non-hydrogen) atoms. The summed E-state index contributed by atoms with van der Waals surface area (Å²) in [7, 11) is 0. The molecule has 0 aromatic heterocycles. The minimum atomic E-state index is -0.341. The maximum atomic E-state index is 12.6. The first-order valence-electron chi connectivity index (χ1n) is 7.64. The van der Waals surface area contributed by atoms with Gasteiger partial charge in [-0.15, -0.1) is 0 Å². The Morgan fingerprint density at radius 2 is 0.826 bits per heavy atom. The van der Waals surface area contributed by atoms with Crippen molar-refractivity contribution in [3.05, 3.63) is 84.5 Å². The fourth-order valence-electron chi connectivity index (χ4n) is 1.91. The number of hydrogen-bond acceptors (Lipinski definition) is 0. The molecular weight excluding hydrogens is 473 g/mol. The molecule has 0 nitrogen and oxygen atoms in total. The van der Waals surface area contributed by atoms with Gasteiger partial charge >= 0.3 is 95.4 Å². The minimum absolute atomic E-state index is 0.220. The van der Waals surface area contributed by atoms with Crippen LogP contribution in [0.1, 0.15) is 25.7 Å². The van der Waals surface area contributed by atoms with E-state index in [1.54, 1.807) is 24.3 Å². The van der Waals surface area contributed by atoms with Crippen molar-refractivity contribution >= 4 is 7.91 Å². The van der Waals surface area contributed by atoms with Crippen LogP contribution in [0.4, 0.5) is 8.78 Å². The van der Waals surface area contributed by atoms with Crippen LogP contribution in [0.2, 0.25) is 0 Å². The predicted octanol–water partition coefficient (Wildman–Crippen LogP) is 4.67. The van der Waals surface area contributed by atoms with E-state index in [0.717, 1.165) is 7.91 Å². The molecule has 0 saturated carbocycles. The summed E-state index contributed by atoms with van der Waals surface area (Å²) < 4.78 is 27.5. The van der Waals surface area contributed by atoms with Crippen LogP contribution in [0.25, 0.3) is 0 Å². The van der Waals surface area contributed by atoms with Gasteiger partial charge < -0.3 is 0 Å². The second kappa shape index (κ2) is 10.3. The molecule has 1 aliphatic carbocycles. The molecule has 3 heteroatoms. The molecule has 0 saturated heterocycles. The van der Waals surface area contributed by atoms with Gasteiger partial charge in [0, 0.05) is 0 Å². The fourth-order valence-corrected chi connectivity index (χ4v) is 4.18. The Bertz CT molecular complexity index is 558. The monoisotopic (exact) mass is 493 g/mol. The first-order valence-corrected chi connectivity index (χ1v) is 9.91. The van der Waals surface area contributed by atoms with Crippen LogP contribution < -0.4 is 7.91 Å². The Hall–Kier alpha value is -1.53. The third kappa shape index (κ3) is 7.52. The first kappa shape index (κ1) is 17.8. The molecule has 1 aliphatic rings. The topological polar surface area (TPSA) is 0 Å². The zero-order valence-corrected chi connectivity index (χ0v) is 15.1.